The number of alkyl halides is 3. The molecule has 0 unspecified atom stereocenters. The SMILES string of the molecule is CCN(CCSC(F)(F)F)S(=O)(=O)O. The highest BCUT2D eigenvalue weighted by molar-refractivity contribution is 8.00. The van der Waals surface area contributed by atoms with Gasteiger partial charge >= 0.3 is 15.8 Å². The Morgan fingerprint density at radius 3 is 2.21 bits per heavy atom. The van der Waals surface area contributed by atoms with Gasteiger partial charge in [-0.25, -0.2) is 0 Å². The first-order valence-corrected chi connectivity index (χ1v) is 5.98. The van der Waals surface area contributed by atoms with E-state index in [4.69, 9.17) is 4.55 Å². The summed E-state index contributed by atoms with van der Waals surface area (Å²) in [7, 11) is -4.38. The monoisotopic (exact) mass is 253 g/mol. The van der Waals surface area contributed by atoms with Gasteiger partial charge in [-0.3, -0.25) is 4.55 Å². The predicted octanol–water partition coefficient (Wildman–Crippen LogP) is 1.36. The molecule has 0 aliphatic rings. The topological polar surface area (TPSA) is 57.6 Å². The van der Waals surface area contributed by atoms with Crippen LogP contribution in [0.1, 0.15) is 6.92 Å². The molecule has 0 saturated carbocycles. The molecule has 14 heavy (non-hydrogen) atoms. The molecule has 0 spiro atoms. The van der Waals surface area contributed by atoms with E-state index < -0.39 is 21.6 Å². The van der Waals surface area contributed by atoms with Crippen molar-refractivity contribution in [1.82, 2.24) is 4.31 Å². The lowest BCUT2D eigenvalue weighted by atomic mass is 10.7. The van der Waals surface area contributed by atoms with Gasteiger partial charge in [0.15, 0.2) is 0 Å². The van der Waals surface area contributed by atoms with Crippen molar-refractivity contribution in [2.75, 3.05) is 18.8 Å². The highest BCUT2D eigenvalue weighted by atomic mass is 32.2. The summed E-state index contributed by atoms with van der Waals surface area (Å²) in [6, 6.07) is 0. The Morgan fingerprint density at radius 1 is 1.43 bits per heavy atom. The van der Waals surface area contributed by atoms with Crippen LogP contribution in [0.4, 0.5) is 13.2 Å². The maximum absolute atomic E-state index is 11.6. The fourth-order valence-corrected chi connectivity index (χ4v) is 2.01. The molecule has 1 N–H and O–H groups in total. The lowest BCUT2D eigenvalue weighted by molar-refractivity contribution is -0.0328. The predicted molar refractivity (Wildman–Crippen MR) is 47.3 cm³/mol. The number of thioether (sulfide) groups is 1. The second-order valence-corrected chi connectivity index (χ2v) is 4.84. The molecule has 0 aromatic rings. The normalized spacial score (nSPS) is 13.6. The summed E-state index contributed by atoms with van der Waals surface area (Å²) in [5.74, 6) is -0.433. The van der Waals surface area contributed by atoms with Crippen molar-refractivity contribution in [2.24, 2.45) is 0 Å². The summed E-state index contributed by atoms with van der Waals surface area (Å²) in [5, 5.41) is 0. The molecule has 0 atom stereocenters. The van der Waals surface area contributed by atoms with E-state index in [1.54, 1.807) is 0 Å². The van der Waals surface area contributed by atoms with Crippen LogP contribution in [0.3, 0.4) is 0 Å². The van der Waals surface area contributed by atoms with Crippen molar-refractivity contribution in [3.8, 4) is 0 Å². The van der Waals surface area contributed by atoms with Gasteiger partial charge in [0.1, 0.15) is 0 Å². The molecule has 0 amide bonds. The van der Waals surface area contributed by atoms with Crippen molar-refractivity contribution in [2.45, 2.75) is 12.4 Å². The van der Waals surface area contributed by atoms with Crippen LogP contribution < -0.4 is 0 Å². The average Bonchev–Trinajstić information content (AvgIpc) is 1.93. The van der Waals surface area contributed by atoms with Crippen molar-refractivity contribution < 1.29 is 26.1 Å². The number of hydrogen-bond acceptors (Lipinski definition) is 3. The van der Waals surface area contributed by atoms with Crippen LogP contribution >= 0.6 is 11.8 Å². The van der Waals surface area contributed by atoms with E-state index in [0.717, 1.165) is 0 Å². The second kappa shape index (κ2) is 5.19. The maximum atomic E-state index is 11.6. The Hall–Kier alpha value is 0.01000. The summed E-state index contributed by atoms with van der Waals surface area (Å²) >= 11 is -0.324. The van der Waals surface area contributed by atoms with E-state index in [9.17, 15) is 21.6 Å². The van der Waals surface area contributed by atoms with E-state index in [2.05, 4.69) is 0 Å². The number of rotatable bonds is 5. The van der Waals surface area contributed by atoms with E-state index >= 15 is 0 Å². The Morgan fingerprint density at radius 2 is 1.93 bits per heavy atom. The summed E-state index contributed by atoms with van der Waals surface area (Å²) in [6.07, 6.45) is 0. The maximum Gasteiger partial charge on any atom is 0.441 e. The second-order valence-electron chi connectivity index (χ2n) is 2.26. The smallest absolute Gasteiger partial charge is 0.273 e. The molecule has 0 bridgehead atoms. The third-order valence-corrected chi connectivity index (χ3v) is 3.09. The van der Waals surface area contributed by atoms with Gasteiger partial charge in [-0.15, -0.1) is 0 Å². The first kappa shape index (κ1) is 14.0. The highest BCUT2D eigenvalue weighted by Crippen LogP contribution is 2.29. The van der Waals surface area contributed by atoms with Crippen LogP contribution in [0.15, 0.2) is 0 Å². The lowest BCUT2D eigenvalue weighted by Crippen LogP contribution is -2.32. The molecule has 0 aliphatic carbocycles. The zero-order valence-corrected chi connectivity index (χ0v) is 8.92. The molecule has 9 heteroatoms. The van der Waals surface area contributed by atoms with Gasteiger partial charge in [0.25, 0.3) is 0 Å². The molecule has 0 aromatic heterocycles. The van der Waals surface area contributed by atoms with E-state index in [-0.39, 0.29) is 24.9 Å². The minimum atomic E-state index is -4.38. The van der Waals surface area contributed by atoms with Crippen LogP contribution in [0.25, 0.3) is 0 Å². The fraction of sp³-hybridized carbons (Fsp3) is 1.00. The van der Waals surface area contributed by atoms with Gasteiger partial charge in [0.2, 0.25) is 0 Å². The zero-order valence-electron chi connectivity index (χ0n) is 7.28. The van der Waals surface area contributed by atoms with Crippen molar-refractivity contribution in [3.63, 3.8) is 0 Å². The number of hydrogen-bond donors (Lipinski definition) is 1. The van der Waals surface area contributed by atoms with E-state index in [1.165, 1.54) is 6.92 Å². The van der Waals surface area contributed by atoms with Gasteiger partial charge in [-0.1, -0.05) is 6.92 Å². The molecule has 4 nitrogen and oxygen atoms in total. The summed E-state index contributed by atoms with van der Waals surface area (Å²) in [6.45, 7) is 1.00. The quantitative estimate of drug-likeness (QED) is 0.752. The van der Waals surface area contributed by atoms with Crippen molar-refractivity contribution >= 4 is 22.1 Å². The molecule has 0 radical (unpaired) electrons. The van der Waals surface area contributed by atoms with Crippen LogP contribution in [-0.4, -0.2) is 41.6 Å². The van der Waals surface area contributed by atoms with Gasteiger partial charge in [-0.05, 0) is 11.8 Å². The number of halogens is 3. The van der Waals surface area contributed by atoms with Gasteiger partial charge in [-0.2, -0.15) is 25.9 Å². The van der Waals surface area contributed by atoms with Gasteiger partial charge < -0.3 is 0 Å². The molecular formula is C5H10F3NO3S2. The molecule has 0 fully saturated rings. The van der Waals surface area contributed by atoms with E-state index in [0.29, 0.717) is 4.31 Å². The Bertz CT molecular complexity index is 264. The largest absolute Gasteiger partial charge is 0.441 e. The van der Waals surface area contributed by atoms with Crippen LogP contribution in [-0.2, 0) is 10.3 Å². The molecule has 0 aliphatic heterocycles. The molecule has 0 heterocycles. The Labute approximate surface area is 84.3 Å². The van der Waals surface area contributed by atoms with Crippen LogP contribution in [0.5, 0.6) is 0 Å². The Kier molecular flexibility index (Phi) is 5.20. The minimum absolute atomic E-state index is 0.0583. The third-order valence-electron chi connectivity index (χ3n) is 1.29. The van der Waals surface area contributed by atoms with Gasteiger partial charge in [0, 0.05) is 18.8 Å². The Balaban J connectivity index is 4.00. The fourth-order valence-electron chi connectivity index (χ4n) is 0.700. The molecule has 0 aromatic carbocycles. The summed E-state index contributed by atoms with van der Waals surface area (Å²) < 4.78 is 65.0. The number of nitrogens with zero attached hydrogens (tertiary/aromatic N) is 1. The zero-order chi connectivity index (χ0) is 11.4. The van der Waals surface area contributed by atoms with Crippen LogP contribution in [0, 0.1) is 0 Å². The summed E-state index contributed by atoms with van der Waals surface area (Å²) in [4.78, 5) is 0. The molecule has 0 rings (SSSR count). The van der Waals surface area contributed by atoms with Gasteiger partial charge in [0.05, 0.1) is 0 Å². The highest BCUT2D eigenvalue weighted by Gasteiger charge is 2.28. The van der Waals surface area contributed by atoms with E-state index in [1.807, 2.05) is 0 Å². The first-order chi connectivity index (χ1) is 6.17. The molecule has 86 valence electrons. The standard InChI is InChI=1S/C5H10F3NO3S2/c1-2-9(14(10,11)12)3-4-13-5(6,7)8/h2-4H2,1H3,(H,10,11,12). The lowest BCUT2D eigenvalue weighted by Gasteiger charge is -2.15. The average molecular weight is 253 g/mol. The molecule has 0 saturated heterocycles. The van der Waals surface area contributed by atoms with Crippen molar-refractivity contribution in [3.05, 3.63) is 0 Å². The molecular weight excluding hydrogens is 243 g/mol. The van der Waals surface area contributed by atoms with Crippen LogP contribution in [0.2, 0.25) is 0 Å². The summed E-state index contributed by atoms with van der Waals surface area (Å²) in [5.41, 5.74) is -4.38. The minimum Gasteiger partial charge on any atom is -0.273 e. The van der Waals surface area contributed by atoms with Crippen molar-refractivity contribution in [1.29, 1.82) is 0 Å². The first-order valence-electron chi connectivity index (χ1n) is 3.60. The third kappa shape index (κ3) is 6.46.